The summed E-state index contributed by atoms with van der Waals surface area (Å²) in [4.78, 5) is 12.9. The second-order valence-electron chi connectivity index (χ2n) is 7.81. The maximum absolute atomic E-state index is 13.2. The molecule has 0 radical (unpaired) electrons. The van der Waals surface area contributed by atoms with Crippen molar-refractivity contribution in [1.29, 1.82) is 0 Å². The number of nitrogens with zero attached hydrogens (tertiary/aromatic N) is 3. The first kappa shape index (κ1) is 23.7. The number of halogens is 3. The molecule has 0 spiro atoms. The lowest BCUT2D eigenvalue weighted by Crippen LogP contribution is -2.39. The fraction of sp³-hybridized carbons (Fsp3) is 0.208. The van der Waals surface area contributed by atoms with Gasteiger partial charge in [-0.1, -0.05) is 36.4 Å². The predicted molar refractivity (Wildman–Crippen MR) is 124 cm³/mol. The van der Waals surface area contributed by atoms with Gasteiger partial charge in [0.15, 0.2) is 0 Å². The highest BCUT2D eigenvalue weighted by molar-refractivity contribution is 7.15. The smallest absolute Gasteiger partial charge is 0.423 e. The standard InChI is InChI=1S/C24H21F3N4O2S/c1-15-10-17(19-13-29-21(34-19)23(2,32)24(25,26)27)12-18(11-15)30-22-28-9-8-20(31-22)33-14-16-6-4-3-5-7-16/h3-13,32H,14H2,1-2H3,(H,28,30,31). The number of nitrogens with one attached hydrogen (secondary N) is 1. The van der Waals surface area contributed by atoms with Crippen LogP contribution >= 0.6 is 11.3 Å². The van der Waals surface area contributed by atoms with Gasteiger partial charge in [-0.3, -0.25) is 0 Å². The normalized spacial score (nSPS) is 13.4. The Hall–Kier alpha value is -3.50. The predicted octanol–water partition coefficient (Wildman–Crippen LogP) is 6.00. The minimum atomic E-state index is -4.83. The van der Waals surface area contributed by atoms with Crippen molar-refractivity contribution >= 4 is 23.0 Å². The number of aryl methyl sites for hydroxylation is 1. The van der Waals surface area contributed by atoms with Crippen molar-refractivity contribution in [3.05, 3.63) is 83.1 Å². The fourth-order valence-electron chi connectivity index (χ4n) is 3.09. The molecule has 2 aromatic carbocycles. The van der Waals surface area contributed by atoms with Crippen LogP contribution < -0.4 is 10.1 Å². The van der Waals surface area contributed by atoms with Gasteiger partial charge < -0.3 is 15.2 Å². The van der Waals surface area contributed by atoms with E-state index in [2.05, 4.69) is 20.3 Å². The Kier molecular flexibility index (Phi) is 6.54. The topological polar surface area (TPSA) is 80.2 Å². The van der Waals surface area contributed by atoms with Crippen LogP contribution in [0.1, 0.15) is 23.1 Å². The van der Waals surface area contributed by atoms with Gasteiger partial charge in [-0.15, -0.1) is 11.3 Å². The first-order valence-electron chi connectivity index (χ1n) is 10.3. The van der Waals surface area contributed by atoms with E-state index in [9.17, 15) is 18.3 Å². The summed E-state index contributed by atoms with van der Waals surface area (Å²) in [5.41, 5.74) is 0.157. The Bertz CT molecular complexity index is 1280. The van der Waals surface area contributed by atoms with E-state index in [1.165, 1.54) is 6.20 Å². The molecular formula is C24H21F3N4O2S. The van der Waals surface area contributed by atoms with Gasteiger partial charge >= 0.3 is 6.18 Å². The quantitative estimate of drug-likeness (QED) is 0.334. The highest BCUT2D eigenvalue weighted by Gasteiger charge is 2.53. The summed E-state index contributed by atoms with van der Waals surface area (Å²) >= 11 is 0.790. The summed E-state index contributed by atoms with van der Waals surface area (Å²) in [7, 11) is 0. The molecule has 0 amide bonds. The summed E-state index contributed by atoms with van der Waals surface area (Å²) in [6.45, 7) is 2.92. The number of rotatable bonds is 7. The van der Waals surface area contributed by atoms with Crippen LogP contribution in [0.15, 0.2) is 67.0 Å². The fourth-order valence-corrected chi connectivity index (χ4v) is 4.06. The highest BCUT2D eigenvalue weighted by atomic mass is 32.1. The molecule has 2 N–H and O–H groups in total. The molecule has 0 saturated carbocycles. The SMILES string of the molecule is Cc1cc(Nc2nccc(OCc3ccccc3)n2)cc(-c2cnc(C(C)(O)C(F)(F)F)s2)c1. The van der Waals surface area contributed by atoms with Crippen molar-refractivity contribution in [1.82, 2.24) is 15.0 Å². The average molecular weight is 487 g/mol. The van der Waals surface area contributed by atoms with Crippen molar-refractivity contribution in [3.63, 3.8) is 0 Å². The number of hydrogen-bond acceptors (Lipinski definition) is 7. The summed E-state index contributed by atoms with van der Waals surface area (Å²) in [5, 5.41) is 12.6. The molecule has 0 aliphatic heterocycles. The Morgan fingerprint density at radius 1 is 1.06 bits per heavy atom. The lowest BCUT2D eigenvalue weighted by atomic mass is 10.1. The first-order chi connectivity index (χ1) is 16.1. The minimum absolute atomic E-state index is 0.312. The van der Waals surface area contributed by atoms with E-state index in [4.69, 9.17) is 4.74 Å². The molecule has 34 heavy (non-hydrogen) atoms. The largest absolute Gasteiger partial charge is 0.473 e. The molecule has 1 atom stereocenters. The lowest BCUT2D eigenvalue weighted by molar-refractivity contribution is -0.258. The number of ether oxygens (including phenoxy) is 1. The van der Waals surface area contributed by atoms with Crippen LogP contribution in [0.5, 0.6) is 5.88 Å². The van der Waals surface area contributed by atoms with Gasteiger partial charge in [0.05, 0.1) is 4.88 Å². The van der Waals surface area contributed by atoms with E-state index in [1.54, 1.807) is 18.3 Å². The summed E-state index contributed by atoms with van der Waals surface area (Å²) in [6.07, 6.45) is -1.93. The minimum Gasteiger partial charge on any atom is -0.473 e. The van der Waals surface area contributed by atoms with Crippen LogP contribution in [0.4, 0.5) is 24.8 Å². The van der Waals surface area contributed by atoms with Gasteiger partial charge in [-0.25, -0.2) is 9.97 Å². The third-order valence-electron chi connectivity index (χ3n) is 4.95. The molecular weight excluding hydrogens is 465 g/mol. The van der Waals surface area contributed by atoms with E-state index in [-0.39, 0.29) is 0 Å². The van der Waals surface area contributed by atoms with Crippen LogP contribution in [0.25, 0.3) is 10.4 Å². The Morgan fingerprint density at radius 2 is 1.82 bits per heavy atom. The van der Waals surface area contributed by atoms with Crippen LogP contribution in [-0.4, -0.2) is 26.2 Å². The molecule has 0 fully saturated rings. The Labute approximate surface area is 198 Å². The first-order valence-corrected chi connectivity index (χ1v) is 11.1. The lowest BCUT2D eigenvalue weighted by Gasteiger charge is -2.23. The molecule has 0 aliphatic rings. The Balaban J connectivity index is 1.52. The summed E-state index contributed by atoms with van der Waals surface area (Å²) < 4.78 is 45.2. The van der Waals surface area contributed by atoms with Crippen LogP contribution in [0.2, 0.25) is 0 Å². The summed E-state index contributed by atoms with van der Waals surface area (Å²) in [5.74, 6) is 0.711. The molecule has 0 aliphatic carbocycles. The Morgan fingerprint density at radius 3 is 2.56 bits per heavy atom. The zero-order valence-electron chi connectivity index (χ0n) is 18.3. The molecule has 1 unspecified atom stereocenters. The zero-order chi connectivity index (χ0) is 24.3. The van der Waals surface area contributed by atoms with Gasteiger partial charge in [0.1, 0.15) is 11.6 Å². The van der Waals surface area contributed by atoms with E-state index >= 15 is 0 Å². The van der Waals surface area contributed by atoms with E-state index in [0.717, 1.165) is 22.5 Å². The number of thiazole rings is 1. The van der Waals surface area contributed by atoms with Gasteiger partial charge in [0.25, 0.3) is 0 Å². The van der Waals surface area contributed by atoms with Crippen molar-refractivity contribution in [3.8, 4) is 16.3 Å². The maximum Gasteiger partial charge on any atom is 0.423 e. The third kappa shape index (κ3) is 5.35. The number of aliphatic hydroxyl groups is 1. The van der Waals surface area contributed by atoms with Crippen LogP contribution in [-0.2, 0) is 12.2 Å². The number of alkyl halides is 3. The van der Waals surface area contributed by atoms with E-state index in [0.29, 0.717) is 41.5 Å². The zero-order valence-corrected chi connectivity index (χ0v) is 19.1. The van der Waals surface area contributed by atoms with Crippen LogP contribution in [0, 0.1) is 6.92 Å². The molecule has 4 rings (SSSR count). The molecule has 176 valence electrons. The molecule has 0 saturated heterocycles. The average Bonchev–Trinajstić information content (AvgIpc) is 3.29. The maximum atomic E-state index is 13.2. The molecule has 10 heteroatoms. The molecule has 0 bridgehead atoms. The van der Waals surface area contributed by atoms with Crippen molar-refractivity contribution in [2.75, 3.05) is 5.32 Å². The van der Waals surface area contributed by atoms with Crippen molar-refractivity contribution in [2.45, 2.75) is 32.2 Å². The second-order valence-corrected chi connectivity index (χ2v) is 8.84. The van der Waals surface area contributed by atoms with Crippen LogP contribution in [0.3, 0.4) is 0 Å². The van der Waals surface area contributed by atoms with Gasteiger partial charge in [0, 0.05) is 24.1 Å². The van der Waals surface area contributed by atoms with Gasteiger partial charge in [0.2, 0.25) is 17.4 Å². The highest BCUT2D eigenvalue weighted by Crippen LogP contribution is 2.42. The number of hydrogen-bond donors (Lipinski definition) is 2. The number of aromatic nitrogens is 3. The van der Waals surface area contributed by atoms with Crippen molar-refractivity contribution in [2.24, 2.45) is 0 Å². The van der Waals surface area contributed by atoms with E-state index in [1.807, 2.05) is 49.4 Å². The van der Waals surface area contributed by atoms with Gasteiger partial charge in [-0.2, -0.15) is 18.2 Å². The number of anilines is 2. The van der Waals surface area contributed by atoms with E-state index < -0.39 is 16.8 Å². The monoisotopic (exact) mass is 486 g/mol. The molecule has 2 heterocycles. The third-order valence-corrected chi connectivity index (χ3v) is 6.21. The molecule has 6 nitrogen and oxygen atoms in total. The molecule has 2 aromatic heterocycles. The second kappa shape index (κ2) is 9.40. The summed E-state index contributed by atoms with van der Waals surface area (Å²) in [6, 6.07) is 16.8. The van der Waals surface area contributed by atoms with Gasteiger partial charge in [-0.05, 0) is 42.7 Å². The molecule has 4 aromatic rings. The van der Waals surface area contributed by atoms with Crippen molar-refractivity contribution < 1.29 is 23.0 Å². The number of benzene rings is 2.